The average Bonchev–Trinajstić information content (AvgIpc) is 2.52. The van der Waals surface area contributed by atoms with Crippen molar-refractivity contribution >= 4 is 40.7 Å². The van der Waals surface area contributed by atoms with Crippen LogP contribution in [-0.4, -0.2) is 18.4 Å². The molecule has 120 valence electrons. The molecule has 0 atom stereocenters. The fourth-order valence-corrected chi connectivity index (χ4v) is 2.71. The van der Waals surface area contributed by atoms with Gasteiger partial charge in [0.25, 0.3) is 0 Å². The first kappa shape index (κ1) is 17.3. The number of nitrogens with two attached hydrogens (primary N) is 1. The Morgan fingerprint density at radius 3 is 2.13 bits per heavy atom. The van der Waals surface area contributed by atoms with Crippen LogP contribution in [-0.2, 0) is 16.0 Å². The van der Waals surface area contributed by atoms with Crippen LogP contribution in [0.2, 0.25) is 10.0 Å². The van der Waals surface area contributed by atoms with Gasteiger partial charge in [-0.2, -0.15) is 0 Å². The topological polar surface area (TPSA) is 63.4 Å². The van der Waals surface area contributed by atoms with Crippen LogP contribution >= 0.6 is 23.2 Å². The molecule has 2 aromatic carbocycles. The molecule has 2 amide bonds. The molecule has 0 heterocycles. The third kappa shape index (κ3) is 4.71. The summed E-state index contributed by atoms with van der Waals surface area (Å²) >= 11 is 12.2. The van der Waals surface area contributed by atoms with Crippen molar-refractivity contribution in [1.82, 2.24) is 0 Å². The standard InChI is InChI=1S/C17H16Cl2N2O2/c18-14-7-4-8-15(19)13(14)11-17(23)21(10-9-16(20)22)12-5-2-1-3-6-12/h1-8H,9-11H2,(H2,20,22). The van der Waals surface area contributed by atoms with Crippen LogP contribution in [0.15, 0.2) is 48.5 Å². The Hall–Kier alpha value is -2.04. The van der Waals surface area contributed by atoms with E-state index in [0.29, 0.717) is 21.3 Å². The molecule has 0 aromatic heterocycles. The number of benzene rings is 2. The third-order valence-corrected chi connectivity index (χ3v) is 4.05. The SMILES string of the molecule is NC(=O)CCN(C(=O)Cc1c(Cl)cccc1Cl)c1ccccc1. The van der Waals surface area contributed by atoms with Crippen LogP contribution < -0.4 is 10.6 Å². The lowest BCUT2D eigenvalue weighted by Crippen LogP contribution is -2.35. The zero-order chi connectivity index (χ0) is 16.8. The second-order valence-corrected chi connectivity index (χ2v) is 5.79. The molecular formula is C17H16Cl2N2O2. The second-order valence-electron chi connectivity index (χ2n) is 4.97. The van der Waals surface area contributed by atoms with Crippen molar-refractivity contribution in [2.45, 2.75) is 12.8 Å². The predicted molar refractivity (Wildman–Crippen MR) is 92.8 cm³/mol. The predicted octanol–water partition coefficient (Wildman–Crippen LogP) is 3.44. The van der Waals surface area contributed by atoms with Crippen molar-refractivity contribution in [3.05, 3.63) is 64.1 Å². The highest BCUT2D eigenvalue weighted by Crippen LogP contribution is 2.26. The lowest BCUT2D eigenvalue weighted by molar-refractivity contribution is -0.118. The van der Waals surface area contributed by atoms with Gasteiger partial charge in [-0.25, -0.2) is 0 Å². The maximum absolute atomic E-state index is 12.7. The minimum atomic E-state index is -0.463. The Bertz CT molecular complexity index is 685. The van der Waals surface area contributed by atoms with Crippen LogP contribution in [0.4, 0.5) is 5.69 Å². The smallest absolute Gasteiger partial charge is 0.231 e. The number of halogens is 2. The molecule has 2 N–H and O–H groups in total. The van der Waals surface area contributed by atoms with Gasteiger partial charge in [0.2, 0.25) is 11.8 Å². The van der Waals surface area contributed by atoms with Gasteiger partial charge in [-0.15, -0.1) is 0 Å². The van der Waals surface area contributed by atoms with E-state index in [9.17, 15) is 9.59 Å². The van der Waals surface area contributed by atoms with E-state index >= 15 is 0 Å². The fraction of sp³-hybridized carbons (Fsp3) is 0.176. The van der Waals surface area contributed by atoms with Gasteiger partial charge in [0, 0.05) is 28.7 Å². The van der Waals surface area contributed by atoms with Gasteiger partial charge in [0.15, 0.2) is 0 Å². The van der Waals surface area contributed by atoms with E-state index in [1.54, 1.807) is 30.3 Å². The summed E-state index contributed by atoms with van der Waals surface area (Å²) < 4.78 is 0. The number of nitrogens with zero attached hydrogens (tertiary/aromatic N) is 1. The Labute approximate surface area is 144 Å². The molecule has 0 aliphatic rings. The van der Waals surface area contributed by atoms with E-state index in [4.69, 9.17) is 28.9 Å². The molecule has 0 aliphatic carbocycles. The molecule has 2 rings (SSSR count). The van der Waals surface area contributed by atoms with E-state index in [0.717, 1.165) is 0 Å². The summed E-state index contributed by atoms with van der Waals surface area (Å²) in [6.45, 7) is 0.209. The highest BCUT2D eigenvalue weighted by atomic mass is 35.5. The number of amides is 2. The van der Waals surface area contributed by atoms with Gasteiger partial charge in [-0.3, -0.25) is 9.59 Å². The molecule has 0 radical (unpaired) electrons. The molecule has 0 aliphatic heterocycles. The van der Waals surface area contributed by atoms with E-state index in [-0.39, 0.29) is 25.3 Å². The zero-order valence-electron chi connectivity index (χ0n) is 12.3. The summed E-state index contributed by atoms with van der Waals surface area (Å²) in [6, 6.07) is 14.2. The van der Waals surface area contributed by atoms with Crippen molar-refractivity contribution < 1.29 is 9.59 Å². The zero-order valence-corrected chi connectivity index (χ0v) is 13.8. The van der Waals surface area contributed by atoms with Crippen molar-refractivity contribution in [3.8, 4) is 0 Å². The van der Waals surface area contributed by atoms with Gasteiger partial charge < -0.3 is 10.6 Å². The third-order valence-electron chi connectivity index (χ3n) is 3.34. The molecule has 6 heteroatoms. The van der Waals surface area contributed by atoms with Crippen LogP contribution in [0, 0.1) is 0 Å². The van der Waals surface area contributed by atoms with Crippen molar-refractivity contribution in [2.24, 2.45) is 5.73 Å². The number of rotatable bonds is 6. The highest BCUT2D eigenvalue weighted by molar-refractivity contribution is 6.36. The number of anilines is 1. The molecule has 0 saturated heterocycles. The first-order valence-electron chi connectivity index (χ1n) is 7.05. The van der Waals surface area contributed by atoms with E-state index in [1.807, 2.05) is 18.2 Å². The molecule has 0 bridgehead atoms. The largest absolute Gasteiger partial charge is 0.370 e. The first-order valence-corrected chi connectivity index (χ1v) is 7.81. The Balaban J connectivity index is 2.24. The molecule has 0 saturated carbocycles. The lowest BCUT2D eigenvalue weighted by Gasteiger charge is -2.23. The number of para-hydroxylation sites is 1. The fourth-order valence-electron chi connectivity index (χ4n) is 2.18. The maximum atomic E-state index is 12.7. The highest BCUT2D eigenvalue weighted by Gasteiger charge is 2.19. The van der Waals surface area contributed by atoms with Crippen LogP contribution in [0.5, 0.6) is 0 Å². The number of primary amides is 1. The van der Waals surface area contributed by atoms with Gasteiger partial charge >= 0.3 is 0 Å². The van der Waals surface area contributed by atoms with Crippen molar-refractivity contribution in [2.75, 3.05) is 11.4 Å². The average molecular weight is 351 g/mol. The second kappa shape index (κ2) is 7.99. The number of carbonyl (C=O) groups is 2. The number of hydrogen-bond donors (Lipinski definition) is 1. The summed E-state index contributed by atoms with van der Waals surface area (Å²) in [5.74, 6) is -0.665. The van der Waals surface area contributed by atoms with Gasteiger partial charge in [0.05, 0.1) is 6.42 Å². The molecule has 0 fully saturated rings. The van der Waals surface area contributed by atoms with Crippen LogP contribution in [0.1, 0.15) is 12.0 Å². The lowest BCUT2D eigenvalue weighted by atomic mass is 10.1. The van der Waals surface area contributed by atoms with Crippen molar-refractivity contribution in [1.29, 1.82) is 0 Å². The monoisotopic (exact) mass is 350 g/mol. The van der Waals surface area contributed by atoms with Gasteiger partial charge in [0.1, 0.15) is 0 Å². The van der Waals surface area contributed by atoms with E-state index in [1.165, 1.54) is 4.90 Å². The molecule has 2 aromatic rings. The first-order chi connectivity index (χ1) is 11.0. The van der Waals surface area contributed by atoms with Crippen LogP contribution in [0.25, 0.3) is 0 Å². The summed E-state index contributed by atoms with van der Waals surface area (Å²) in [6.07, 6.45) is 0.128. The Kier molecular flexibility index (Phi) is 6.02. The minimum Gasteiger partial charge on any atom is -0.370 e. The molecule has 0 unspecified atom stereocenters. The summed E-state index contributed by atoms with van der Waals surface area (Å²) in [5, 5.41) is 0.877. The number of hydrogen-bond acceptors (Lipinski definition) is 2. The van der Waals surface area contributed by atoms with E-state index < -0.39 is 5.91 Å². The molecule has 4 nitrogen and oxygen atoms in total. The maximum Gasteiger partial charge on any atom is 0.231 e. The summed E-state index contributed by atoms with van der Waals surface area (Å²) in [4.78, 5) is 25.3. The molecule has 0 spiro atoms. The quantitative estimate of drug-likeness (QED) is 0.867. The number of carbonyl (C=O) groups excluding carboxylic acids is 2. The molecular weight excluding hydrogens is 335 g/mol. The van der Waals surface area contributed by atoms with Gasteiger partial charge in [-0.1, -0.05) is 47.5 Å². The minimum absolute atomic E-state index is 0.0478. The summed E-state index contributed by atoms with van der Waals surface area (Å²) in [7, 11) is 0. The Morgan fingerprint density at radius 1 is 0.957 bits per heavy atom. The van der Waals surface area contributed by atoms with E-state index in [2.05, 4.69) is 0 Å². The summed E-state index contributed by atoms with van der Waals surface area (Å²) in [5.41, 5.74) is 6.47. The Morgan fingerprint density at radius 2 is 1.57 bits per heavy atom. The van der Waals surface area contributed by atoms with Crippen molar-refractivity contribution in [3.63, 3.8) is 0 Å². The van der Waals surface area contributed by atoms with Gasteiger partial charge in [-0.05, 0) is 29.8 Å². The molecule has 23 heavy (non-hydrogen) atoms. The van der Waals surface area contributed by atoms with Crippen LogP contribution in [0.3, 0.4) is 0 Å². The normalized spacial score (nSPS) is 10.3.